The lowest BCUT2D eigenvalue weighted by Gasteiger charge is -2.32. The van der Waals surface area contributed by atoms with Crippen molar-refractivity contribution in [1.82, 2.24) is 15.3 Å². The number of aromatic nitrogens is 2. The van der Waals surface area contributed by atoms with Crippen molar-refractivity contribution in [2.45, 2.75) is 26.8 Å². The number of piperazine rings is 1. The van der Waals surface area contributed by atoms with Crippen LogP contribution in [0.25, 0.3) is 0 Å². The van der Waals surface area contributed by atoms with Crippen LogP contribution < -0.4 is 10.2 Å². The average molecular weight is 264 g/mol. The Morgan fingerprint density at radius 3 is 3.05 bits per heavy atom. The zero-order valence-electron chi connectivity index (χ0n) is 11.6. The highest BCUT2D eigenvalue weighted by molar-refractivity contribution is 5.90. The average Bonchev–Trinajstić information content (AvgIpc) is 2.38. The Morgan fingerprint density at radius 2 is 2.42 bits per heavy atom. The van der Waals surface area contributed by atoms with Crippen molar-refractivity contribution >= 4 is 11.9 Å². The van der Waals surface area contributed by atoms with E-state index in [1.165, 1.54) is 0 Å². The van der Waals surface area contributed by atoms with Gasteiger partial charge in [-0.3, -0.25) is 0 Å². The number of aryl methyl sites for hydroxylation is 1. The van der Waals surface area contributed by atoms with Crippen LogP contribution in [0.15, 0.2) is 6.20 Å². The zero-order chi connectivity index (χ0) is 13.8. The minimum atomic E-state index is -0.361. The molecule has 1 saturated heterocycles. The summed E-state index contributed by atoms with van der Waals surface area (Å²) in [6.45, 7) is 8.75. The number of carbonyl (C=O) groups excluding carboxylic acids is 1. The molecule has 6 nitrogen and oxygen atoms in total. The molecule has 19 heavy (non-hydrogen) atoms. The molecule has 0 aromatic carbocycles. The first-order valence-corrected chi connectivity index (χ1v) is 6.61. The summed E-state index contributed by atoms with van der Waals surface area (Å²) >= 11 is 0. The van der Waals surface area contributed by atoms with E-state index in [0.29, 0.717) is 29.9 Å². The van der Waals surface area contributed by atoms with E-state index in [0.717, 1.165) is 19.6 Å². The zero-order valence-corrected chi connectivity index (χ0v) is 11.6. The predicted octanol–water partition coefficient (Wildman–Crippen LogP) is 0.760. The molecule has 0 bridgehead atoms. The van der Waals surface area contributed by atoms with Crippen LogP contribution in [0, 0.1) is 6.92 Å². The molecule has 0 saturated carbocycles. The maximum absolute atomic E-state index is 11.7. The maximum Gasteiger partial charge on any atom is 0.341 e. The van der Waals surface area contributed by atoms with Crippen LogP contribution in [-0.4, -0.2) is 48.2 Å². The van der Waals surface area contributed by atoms with E-state index in [1.54, 1.807) is 13.1 Å². The number of nitrogens with zero attached hydrogens (tertiary/aromatic N) is 3. The van der Waals surface area contributed by atoms with E-state index in [1.807, 2.05) is 6.92 Å². The number of rotatable bonds is 3. The Kier molecular flexibility index (Phi) is 4.31. The van der Waals surface area contributed by atoms with Gasteiger partial charge in [0, 0.05) is 31.9 Å². The monoisotopic (exact) mass is 264 g/mol. The van der Waals surface area contributed by atoms with Crippen LogP contribution in [0.3, 0.4) is 0 Å². The molecule has 0 unspecified atom stereocenters. The molecule has 2 heterocycles. The maximum atomic E-state index is 11.7. The molecule has 104 valence electrons. The quantitative estimate of drug-likeness (QED) is 0.813. The third kappa shape index (κ3) is 3.20. The fourth-order valence-corrected chi connectivity index (χ4v) is 2.13. The molecule has 0 spiro atoms. The molecule has 1 atom stereocenters. The Balaban J connectivity index is 2.16. The smallest absolute Gasteiger partial charge is 0.341 e. The molecule has 0 aliphatic carbocycles. The summed E-state index contributed by atoms with van der Waals surface area (Å²) in [5.74, 6) is 0.319. The predicted molar refractivity (Wildman–Crippen MR) is 72.4 cm³/mol. The van der Waals surface area contributed by atoms with E-state index in [4.69, 9.17) is 4.74 Å². The Bertz CT molecular complexity index is 464. The van der Waals surface area contributed by atoms with E-state index >= 15 is 0 Å². The van der Waals surface area contributed by atoms with Gasteiger partial charge in [0.1, 0.15) is 0 Å². The molecule has 1 N–H and O–H groups in total. The minimum absolute atomic E-state index is 0.356. The summed E-state index contributed by atoms with van der Waals surface area (Å²) in [6, 6.07) is 0.419. The van der Waals surface area contributed by atoms with Gasteiger partial charge >= 0.3 is 5.97 Å². The molecule has 0 radical (unpaired) electrons. The first-order chi connectivity index (χ1) is 9.11. The van der Waals surface area contributed by atoms with Gasteiger partial charge in [0.15, 0.2) is 0 Å². The second kappa shape index (κ2) is 5.97. The van der Waals surface area contributed by atoms with Crippen LogP contribution >= 0.6 is 0 Å². The fourth-order valence-electron chi connectivity index (χ4n) is 2.13. The normalized spacial score (nSPS) is 19.3. The van der Waals surface area contributed by atoms with Crippen LogP contribution in [-0.2, 0) is 4.74 Å². The summed E-state index contributed by atoms with van der Waals surface area (Å²) < 4.78 is 4.97. The lowest BCUT2D eigenvalue weighted by Crippen LogP contribution is -2.49. The third-order valence-corrected chi connectivity index (χ3v) is 3.11. The first kappa shape index (κ1) is 13.7. The second-order valence-electron chi connectivity index (χ2n) is 4.69. The van der Waals surface area contributed by atoms with Gasteiger partial charge in [0.2, 0.25) is 5.95 Å². The van der Waals surface area contributed by atoms with Gasteiger partial charge in [-0.1, -0.05) is 0 Å². The number of carbonyl (C=O) groups is 1. The molecule has 1 aliphatic rings. The summed E-state index contributed by atoms with van der Waals surface area (Å²) in [5.41, 5.74) is 1.10. The lowest BCUT2D eigenvalue weighted by molar-refractivity contribution is 0.0524. The molecule has 0 amide bonds. The van der Waals surface area contributed by atoms with Gasteiger partial charge in [-0.05, 0) is 20.8 Å². The Labute approximate surface area is 113 Å². The first-order valence-electron chi connectivity index (χ1n) is 6.61. The van der Waals surface area contributed by atoms with Crippen LogP contribution in [0.1, 0.15) is 29.9 Å². The highest BCUT2D eigenvalue weighted by Crippen LogP contribution is 2.14. The molecular formula is C13H20N4O2. The van der Waals surface area contributed by atoms with Crippen molar-refractivity contribution in [3.63, 3.8) is 0 Å². The third-order valence-electron chi connectivity index (χ3n) is 3.11. The van der Waals surface area contributed by atoms with Gasteiger partial charge in [-0.25, -0.2) is 14.8 Å². The van der Waals surface area contributed by atoms with Gasteiger partial charge in [-0.2, -0.15) is 0 Å². The van der Waals surface area contributed by atoms with Crippen LogP contribution in [0.5, 0.6) is 0 Å². The van der Waals surface area contributed by atoms with Gasteiger partial charge < -0.3 is 15.0 Å². The number of hydrogen-bond acceptors (Lipinski definition) is 6. The number of anilines is 1. The van der Waals surface area contributed by atoms with E-state index in [2.05, 4.69) is 27.1 Å². The van der Waals surface area contributed by atoms with E-state index < -0.39 is 0 Å². The number of nitrogens with one attached hydrogen (secondary N) is 1. The lowest BCUT2D eigenvalue weighted by atomic mass is 10.2. The van der Waals surface area contributed by atoms with Gasteiger partial charge in [0.05, 0.1) is 17.9 Å². The highest BCUT2D eigenvalue weighted by atomic mass is 16.5. The number of hydrogen-bond donors (Lipinski definition) is 1. The fraction of sp³-hybridized carbons (Fsp3) is 0.615. The molecule has 1 aromatic rings. The molecule has 1 aromatic heterocycles. The standard InChI is InChI=1S/C13H20N4O2/c1-4-19-12(18)11-7-15-13(16-10(11)3)17-6-5-14-9(2)8-17/h7,9,14H,4-6,8H2,1-3H3/t9-/m1/s1. The summed E-state index contributed by atoms with van der Waals surface area (Å²) in [7, 11) is 0. The van der Waals surface area contributed by atoms with Crippen molar-refractivity contribution in [3.8, 4) is 0 Å². The summed E-state index contributed by atoms with van der Waals surface area (Å²) in [5, 5.41) is 3.37. The van der Waals surface area contributed by atoms with Crippen LogP contribution in [0.2, 0.25) is 0 Å². The topological polar surface area (TPSA) is 67.3 Å². The van der Waals surface area contributed by atoms with E-state index in [9.17, 15) is 4.79 Å². The second-order valence-corrected chi connectivity index (χ2v) is 4.69. The Hall–Kier alpha value is -1.69. The van der Waals surface area contributed by atoms with E-state index in [-0.39, 0.29) is 5.97 Å². The van der Waals surface area contributed by atoms with Crippen molar-refractivity contribution in [3.05, 3.63) is 17.5 Å². The van der Waals surface area contributed by atoms with Crippen molar-refractivity contribution in [2.75, 3.05) is 31.1 Å². The van der Waals surface area contributed by atoms with Gasteiger partial charge in [0.25, 0.3) is 0 Å². The number of esters is 1. The highest BCUT2D eigenvalue weighted by Gasteiger charge is 2.20. The summed E-state index contributed by atoms with van der Waals surface area (Å²) in [6.07, 6.45) is 1.56. The van der Waals surface area contributed by atoms with Crippen LogP contribution in [0.4, 0.5) is 5.95 Å². The van der Waals surface area contributed by atoms with Crippen molar-refractivity contribution < 1.29 is 9.53 Å². The molecule has 2 rings (SSSR count). The summed E-state index contributed by atoms with van der Waals surface area (Å²) in [4.78, 5) is 22.5. The number of ether oxygens (including phenoxy) is 1. The van der Waals surface area contributed by atoms with Gasteiger partial charge in [-0.15, -0.1) is 0 Å². The molecule has 1 fully saturated rings. The Morgan fingerprint density at radius 1 is 1.63 bits per heavy atom. The SMILES string of the molecule is CCOC(=O)c1cnc(N2CCN[C@H](C)C2)nc1C. The minimum Gasteiger partial charge on any atom is -0.462 e. The largest absolute Gasteiger partial charge is 0.462 e. The molecule has 1 aliphatic heterocycles. The van der Waals surface area contributed by atoms with Crippen molar-refractivity contribution in [1.29, 1.82) is 0 Å². The molecule has 6 heteroatoms. The molecular weight excluding hydrogens is 244 g/mol. The van der Waals surface area contributed by atoms with Crippen molar-refractivity contribution in [2.24, 2.45) is 0 Å².